The van der Waals surface area contributed by atoms with Crippen LogP contribution in [0.25, 0.3) is 6.08 Å². The Hall–Kier alpha value is -1.59. The van der Waals surface area contributed by atoms with E-state index in [1.807, 2.05) is 48.9 Å². The summed E-state index contributed by atoms with van der Waals surface area (Å²) in [6.07, 6.45) is 2.01. The quantitative estimate of drug-likeness (QED) is 0.733. The third kappa shape index (κ3) is 3.29. The van der Waals surface area contributed by atoms with Crippen LogP contribution in [-0.4, -0.2) is 6.66 Å². The van der Waals surface area contributed by atoms with E-state index in [1.54, 1.807) is 0 Å². The molecule has 0 unspecified atom stereocenters. The van der Waals surface area contributed by atoms with E-state index in [0.717, 1.165) is 5.30 Å². The highest BCUT2D eigenvalue weighted by molar-refractivity contribution is 7.74. The average Bonchev–Trinajstić information content (AvgIpc) is 2.38. The molecule has 1 atom stereocenters. The van der Waals surface area contributed by atoms with E-state index in [4.69, 9.17) is 0 Å². The predicted molar refractivity (Wildman–Crippen MR) is 89.3 cm³/mol. The maximum absolute atomic E-state index is 12.8. The molecule has 0 N–H and O–H groups in total. The summed E-state index contributed by atoms with van der Waals surface area (Å²) in [6.45, 7) is 8.12. The Kier molecular flexibility index (Phi) is 4.30. The van der Waals surface area contributed by atoms with Gasteiger partial charge in [0.15, 0.2) is 0 Å². The molecule has 0 aliphatic rings. The van der Waals surface area contributed by atoms with Gasteiger partial charge in [-0.2, -0.15) is 0 Å². The Morgan fingerprint density at radius 3 is 2.05 bits per heavy atom. The third-order valence-corrected chi connectivity index (χ3v) is 5.57. The zero-order valence-corrected chi connectivity index (χ0v) is 13.4. The summed E-state index contributed by atoms with van der Waals surface area (Å²) in [7, 11) is -2.44. The first-order valence-electron chi connectivity index (χ1n) is 6.80. The van der Waals surface area contributed by atoms with E-state index < -0.39 is 7.14 Å². The molecule has 0 aliphatic carbocycles. The molecule has 0 saturated heterocycles. The molecule has 0 aliphatic heterocycles. The number of rotatable bonds is 3. The van der Waals surface area contributed by atoms with Gasteiger partial charge in [-0.1, -0.05) is 54.1 Å². The Morgan fingerprint density at radius 1 is 0.950 bits per heavy atom. The lowest BCUT2D eigenvalue weighted by atomic mass is 10.0. The van der Waals surface area contributed by atoms with Crippen LogP contribution in [0.2, 0.25) is 0 Å². The second-order valence-electron chi connectivity index (χ2n) is 5.45. The largest absolute Gasteiger partial charge is 0.315 e. The van der Waals surface area contributed by atoms with Crippen molar-refractivity contribution in [3.05, 3.63) is 70.5 Å². The fourth-order valence-corrected chi connectivity index (χ4v) is 3.85. The van der Waals surface area contributed by atoms with Crippen LogP contribution in [-0.2, 0) is 4.57 Å². The fourth-order valence-electron chi connectivity index (χ4n) is 2.48. The van der Waals surface area contributed by atoms with Gasteiger partial charge in [0.2, 0.25) is 0 Å². The molecule has 0 radical (unpaired) electrons. The molecule has 0 heterocycles. The number of hydrogen-bond donors (Lipinski definition) is 0. The molecule has 20 heavy (non-hydrogen) atoms. The summed E-state index contributed by atoms with van der Waals surface area (Å²) in [5, 5.41) is 0.902. The molecule has 2 rings (SSSR count). The Balaban J connectivity index is 2.37. The zero-order valence-electron chi connectivity index (χ0n) is 12.6. The Labute approximate surface area is 121 Å². The minimum absolute atomic E-state index is 0.902. The van der Waals surface area contributed by atoms with Gasteiger partial charge in [-0.25, -0.2) is 0 Å². The molecule has 2 heteroatoms. The summed E-state index contributed by atoms with van der Waals surface area (Å²) in [5.74, 6) is 1.87. The molecule has 0 aromatic heterocycles. The highest BCUT2D eigenvalue weighted by atomic mass is 31.2. The molecule has 0 amide bonds. The fraction of sp³-hybridized carbons (Fsp3) is 0.222. The second kappa shape index (κ2) is 5.81. The monoisotopic (exact) mass is 284 g/mol. The van der Waals surface area contributed by atoms with E-state index in [2.05, 4.69) is 32.9 Å². The van der Waals surface area contributed by atoms with Crippen molar-refractivity contribution < 1.29 is 4.57 Å². The summed E-state index contributed by atoms with van der Waals surface area (Å²) in [6, 6.07) is 14.0. The van der Waals surface area contributed by atoms with Crippen LogP contribution in [0.15, 0.2) is 48.3 Å². The molecule has 0 fully saturated rings. The lowest BCUT2D eigenvalue weighted by molar-refractivity contribution is 0.590. The van der Waals surface area contributed by atoms with Gasteiger partial charge in [0.25, 0.3) is 0 Å². The van der Waals surface area contributed by atoms with Gasteiger partial charge in [0, 0.05) is 5.30 Å². The van der Waals surface area contributed by atoms with Gasteiger partial charge in [-0.3, -0.25) is 0 Å². The van der Waals surface area contributed by atoms with E-state index in [0.29, 0.717) is 0 Å². The van der Waals surface area contributed by atoms with Crippen LogP contribution >= 0.6 is 7.14 Å². The number of aryl methyl sites for hydroxylation is 3. The second-order valence-corrected chi connectivity index (χ2v) is 8.25. The van der Waals surface area contributed by atoms with Crippen molar-refractivity contribution in [2.75, 3.05) is 6.66 Å². The number of hydrogen-bond acceptors (Lipinski definition) is 1. The minimum atomic E-state index is -2.44. The first-order valence-corrected chi connectivity index (χ1v) is 9.02. The molecular weight excluding hydrogens is 263 g/mol. The van der Waals surface area contributed by atoms with Crippen molar-refractivity contribution in [2.45, 2.75) is 20.8 Å². The van der Waals surface area contributed by atoms with Crippen molar-refractivity contribution in [3.63, 3.8) is 0 Å². The summed E-state index contributed by atoms with van der Waals surface area (Å²) in [5.41, 5.74) is 4.90. The van der Waals surface area contributed by atoms with E-state index in [1.165, 1.54) is 22.3 Å². The standard InChI is InChI=1S/C18H21OP/c1-14-12-15(2)18(16(3)13-14)10-11-20(4,19)17-8-6-5-7-9-17/h5-13H,1-4H3/b11-10+/t20-/m0/s1. The number of benzene rings is 2. The maximum atomic E-state index is 12.8. The first kappa shape index (κ1) is 14.8. The third-order valence-electron chi connectivity index (χ3n) is 3.53. The molecule has 0 saturated carbocycles. The lowest BCUT2D eigenvalue weighted by Crippen LogP contribution is -2.00. The van der Waals surface area contributed by atoms with Crippen molar-refractivity contribution in [1.29, 1.82) is 0 Å². The molecule has 0 spiro atoms. The summed E-state index contributed by atoms with van der Waals surface area (Å²) in [4.78, 5) is 0. The van der Waals surface area contributed by atoms with Crippen molar-refractivity contribution in [1.82, 2.24) is 0 Å². The van der Waals surface area contributed by atoms with Crippen LogP contribution in [0.3, 0.4) is 0 Å². The minimum Gasteiger partial charge on any atom is -0.315 e. The zero-order chi connectivity index (χ0) is 14.8. The van der Waals surface area contributed by atoms with Crippen molar-refractivity contribution in [2.24, 2.45) is 0 Å². The molecule has 1 nitrogen and oxygen atoms in total. The van der Waals surface area contributed by atoms with Crippen LogP contribution < -0.4 is 5.30 Å². The van der Waals surface area contributed by atoms with E-state index >= 15 is 0 Å². The highest BCUT2D eigenvalue weighted by Gasteiger charge is 2.13. The van der Waals surface area contributed by atoms with Gasteiger partial charge in [0.05, 0.1) is 0 Å². The van der Waals surface area contributed by atoms with Crippen molar-refractivity contribution in [3.8, 4) is 0 Å². The maximum Gasteiger partial charge on any atom is 0.133 e. The Bertz CT molecular complexity index is 661. The molecule has 2 aromatic rings. The van der Waals surface area contributed by atoms with Gasteiger partial charge in [-0.05, 0) is 49.9 Å². The normalized spacial score (nSPS) is 14.4. The first-order chi connectivity index (χ1) is 9.40. The summed E-state index contributed by atoms with van der Waals surface area (Å²) >= 11 is 0. The molecule has 104 valence electrons. The Morgan fingerprint density at radius 2 is 1.50 bits per heavy atom. The van der Waals surface area contributed by atoms with Crippen LogP contribution in [0, 0.1) is 20.8 Å². The van der Waals surface area contributed by atoms with Crippen LogP contribution in [0.5, 0.6) is 0 Å². The average molecular weight is 284 g/mol. The molecular formula is C18H21OP. The van der Waals surface area contributed by atoms with Gasteiger partial charge < -0.3 is 4.57 Å². The smallest absolute Gasteiger partial charge is 0.133 e. The molecule has 2 aromatic carbocycles. The van der Waals surface area contributed by atoms with Gasteiger partial charge in [0.1, 0.15) is 7.14 Å². The topological polar surface area (TPSA) is 17.1 Å². The lowest BCUT2D eigenvalue weighted by Gasteiger charge is -2.10. The van der Waals surface area contributed by atoms with E-state index in [-0.39, 0.29) is 0 Å². The van der Waals surface area contributed by atoms with Crippen LogP contribution in [0.1, 0.15) is 22.3 Å². The van der Waals surface area contributed by atoms with E-state index in [9.17, 15) is 4.57 Å². The SMILES string of the molecule is Cc1cc(C)c(/C=C/[P@](C)(=O)c2ccccc2)c(C)c1. The van der Waals surface area contributed by atoms with Gasteiger partial charge >= 0.3 is 0 Å². The van der Waals surface area contributed by atoms with Crippen LogP contribution in [0.4, 0.5) is 0 Å². The molecule has 0 bridgehead atoms. The van der Waals surface area contributed by atoms with Gasteiger partial charge in [-0.15, -0.1) is 0 Å². The summed E-state index contributed by atoms with van der Waals surface area (Å²) < 4.78 is 12.8. The highest BCUT2D eigenvalue weighted by Crippen LogP contribution is 2.42. The predicted octanol–water partition coefficient (Wildman–Crippen LogP) is 4.90. The van der Waals surface area contributed by atoms with Crippen molar-refractivity contribution >= 4 is 18.5 Å².